The molecule has 104 valence electrons. The molecule has 2 aromatic carbocycles. The van der Waals surface area contributed by atoms with Gasteiger partial charge in [-0.05, 0) is 24.3 Å². The molecule has 0 aliphatic carbocycles. The number of benzene rings is 2. The van der Waals surface area contributed by atoms with Gasteiger partial charge in [0.15, 0.2) is 0 Å². The summed E-state index contributed by atoms with van der Waals surface area (Å²) in [4.78, 5) is 10.7. The van der Waals surface area contributed by atoms with Crippen molar-refractivity contribution in [3.63, 3.8) is 0 Å². The quantitative estimate of drug-likeness (QED) is 0.913. The van der Waals surface area contributed by atoms with Crippen molar-refractivity contribution in [1.29, 1.82) is 0 Å². The number of ether oxygens (including phenoxy) is 1. The van der Waals surface area contributed by atoms with Crippen LogP contribution >= 0.6 is 15.9 Å². The molecule has 0 bridgehead atoms. The molecule has 1 N–H and O–H groups in total. The van der Waals surface area contributed by atoms with Crippen molar-refractivity contribution in [3.8, 4) is 5.75 Å². The molecule has 0 aromatic heterocycles. The standard InChI is InChI=1S/C14H9BrF2O3/c15-10-4-11(16)6-12(5-10)20-7-9-2-1-8(14(18)19)3-13(9)17/h1-6H,7H2,(H,18,19). The molecule has 0 radical (unpaired) electrons. The van der Waals surface area contributed by atoms with Crippen LogP contribution in [0.1, 0.15) is 15.9 Å². The van der Waals surface area contributed by atoms with Crippen LogP contribution in [-0.4, -0.2) is 11.1 Å². The van der Waals surface area contributed by atoms with Crippen molar-refractivity contribution in [2.75, 3.05) is 0 Å². The van der Waals surface area contributed by atoms with Gasteiger partial charge in [-0.2, -0.15) is 0 Å². The maximum atomic E-state index is 13.6. The summed E-state index contributed by atoms with van der Waals surface area (Å²) in [6.45, 7) is -0.123. The summed E-state index contributed by atoms with van der Waals surface area (Å²) in [5.74, 6) is -2.11. The van der Waals surface area contributed by atoms with E-state index < -0.39 is 17.6 Å². The molecule has 0 unspecified atom stereocenters. The largest absolute Gasteiger partial charge is 0.489 e. The maximum absolute atomic E-state index is 13.6. The zero-order chi connectivity index (χ0) is 14.7. The van der Waals surface area contributed by atoms with Gasteiger partial charge in [0.2, 0.25) is 0 Å². The highest BCUT2D eigenvalue weighted by atomic mass is 79.9. The van der Waals surface area contributed by atoms with Gasteiger partial charge in [-0.3, -0.25) is 0 Å². The predicted octanol–water partition coefficient (Wildman–Crippen LogP) is 4.00. The van der Waals surface area contributed by atoms with E-state index in [0.717, 1.165) is 6.07 Å². The molecular formula is C14H9BrF2O3. The van der Waals surface area contributed by atoms with Crippen molar-refractivity contribution >= 4 is 21.9 Å². The summed E-state index contributed by atoms with van der Waals surface area (Å²) in [5.41, 5.74) is 0.0510. The third kappa shape index (κ3) is 3.54. The average molecular weight is 343 g/mol. The smallest absolute Gasteiger partial charge is 0.335 e. The van der Waals surface area contributed by atoms with Crippen LogP contribution in [0, 0.1) is 11.6 Å². The SMILES string of the molecule is O=C(O)c1ccc(COc2cc(F)cc(Br)c2)c(F)c1. The topological polar surface area (TPSA) is 46.5 Å². The van der Waals surface area contributed by atoms with Gasteiger partial charge in [-0.1, -0.05) is 22.0 Å². The molecule has 3 nitrogen and oxygen atoms in total. The second-order valence-electron chi connectivity index (χ2n) is 4.01. The Hall–Kier alpha value is -1.95. The predicted molar refractivity (Wildman–Crippen MR) is 71.8 cm³/mol. The Morgan fingerprint density at radius 2 is 1.95 bits per heavy atom. The summed E-state index contributed by atoms with van der Waals surface area (Å²) in [5, 5.41) is 8.72. The Morgan fingerprint density at radius 3 is 2.55 bits per heavy atom. The Balaban J connectivity index is 2.12. The molecule has 0 fully saturated rings. The number of rotatable bonds is 4. The van der Waals surface area contributed by atoms with E-state index in [1.54, 1.807) is 6.07 Å². The fourth-order valence-corrected chi connectivity index (χ4v) is 2.01. The van der Waals surface area contributed by atoms with Gasteiger partial charge in [0.1, 0.15) is 24.0 Å². The molecule has 0 saturated heterocycles. The Kier molecular flexibility index (Phi) is 4.34. The van der Waals surface area contributed by atoms with Gasteiger partial charge in [0.25, 0.3) is 0 Å². The van der Waals surface area contributed by atoms with E-state index in [1.165, 1.54) is 24.3 Å². The molecule has 0 aliphatic heterocycles. The van der Waals surface area contributed by atoms with Crippen LogP contribution in [0.2, 0.25) is 0 Å². The van der Waals surface area contributed by atoms with E-state index in [0.29, 0.717) is 4.47 Å². The number of carboxylic acid groups (broad SMARTS) is 1. The first kappa shape index (κ1) is 14.5. The number of halogens is 3. The third-order valence-corrected chi connectivity index (χ3v) is 2.99. The van der Waals surface area contributed by atoms with Crippen LogP contribution in [0.25, 0.3) is 0 Å². The number of hydrogen-bond acceptors (Lipinski definition) is 2. The van der Waals surface area contributed by atoms with Crippen LogP contribution < -0.4 is 4.74 Å². The first-order valence-electron chi connectivity index (χ1n) is 5.56. The number of carboxylic acids is 1. The van der Waals surface area contributed by atoms with E-state index in [1.807, 2.05) is 0 Å². The van der Waals surface area contributed by atoms with Crippen molar-refractivity contribution in [1.82, 2.24) is 0 Å². The van der Waals surface area contributed by atoms with E-state index in [9.17, 15) is 13.6 Å². The van der Waals surface area contributed by atoms with Crippen molar-refractivity contribution in [2.45, 2.75) is 6.61 Å². The maximum Gasteiger partial charge on any atom is 0.335 e. The fourth-order valence-electron chi connectivity index (χ4n) is 1.57. The van der Waals surface area contributed by atoms with Gasteiger partial charge in [-0.25, -0.2) is 13.6 Å². The molecule has 2 rings (SSSR count). The second kappa shape index (κ2) is 6.00. The number of carbonyl (C=O) groups is 1. The highest BCUT2D eigenvalue weighted by molar-refractivity contribution is 9.10. The highest BCUT2D eigenvalue weighted by Gasteiger charge is 2.09. The van der Waals surface area contributed by atoms with E-state index in [4.69, 9.17) is 9.84 Å². The summed E-state index contributed by atoms with van der Waals surface area (Å²) in [7, 11) is 0. The average Bonchev–Trinajstić information content (AvgIpc) is 2.36. The molecule has 0 saturated carbocycles. The lowest BCUT2D eigenvalue weighted by Gasteiger charge is -2.08. The highest BCUT2D eigenvalue weighted by Crippen LogP contribution is 2.22. The number of hydrogen-bond donors (Lipinski definition) is 1. The molecule has 20 heavy (non-hydrogen) atoms. The van der Waals surface area contributed by atoms with Gasteiger partial charge < -0.3 is 9.84 Å². The summed E-state index contributed by atoms with van der Waals surface area (Å²) in [6, 6.07) is 7.53. The minimum atomic E-state index is -1.20. The second-order valence-corrected chi connectivity index (χ2v) is 4.92. The van der Waals surface area contributed by atoms with Crippen LogP contribution in [0.4, 0.5) is 8.78 Å². The van der Waals surface area contributed by atoms with Crippen LogP contribution in [0.3, 0.4) is 0 Å². The molecule has 6 heteroatoms. The zero-order valence-electron chi connectivity index (χ0n) is 10.1. The van der Waals surface area contributed by atoms with Crippen molar-refractivity contribution in [2.24, 2.45) is 0 Å². The van der Waals surface area contributed by atoms with Gasteiger partial charge in [0, 0.05) is 16.1 Å². The molecule has 0 heterocycles. The van der Waals surface area contributed by atoms with Crippen LogP contribution in [0.15, 0.2) is 40.9 Å². The van der Waals surface area contributed by atoms with Crippen LogP contribution in [0.5, 0.6) is 5.75 Å². The van der Waals surface area contributed by atoms with Gasteiger partial charge in [-0.15, -0.1) is 0 Å². The third-order valence-electron chi connectivity index (χ3n) is 2.53. The van der Waals surface area contributed by atoms with Crippen molar-refractivity contribution < 1.29 is 23.4 Å². The monoisotopic (exact) mass is 342 g/mol. The van der Waals surface area contributed by atoms with E-state index in [2.05, 4.69) is 15.9 Å². The Morgan fingerprint density at radius 1 is 1.20 bits per heavy atom. The van der Waals surface area contributed by atoms with Crippen molar-refractivity contribution in [3.05, 3.63) is 63.6 Å². The first-order valence-corrected chi connectivity index (χ1v) is 6.35. The first-order chi connectivity index (χ1) is 9.45. The lowest BCUT2D eigenvalue weighted by atomic mass is 10.1. The molecule has 0 amide bonds. The molecule has 0 aliphatic rings. The minimum absolute atomic E-state index is 0.123. The lowest BCUT2D eigenvalue weighted by molar-refractivity contribution is 0.0696. The van der Waals surface area contributed by atoms with Crippen LogP contribution in [-0.2, 0) is 6.61 Å². The minimum Gasteiger partial charge on any atom is -0.489 e. The normalized spacial score (nSPS) is 10.3. The number of aromatic carboxylic acids is 1. The fraction of sp³-hybridized carbons (Fsp3) is 0.0714. The van der Waals surface area contributed by atoms with Gasteiger partial charge in [0.05, 0.1) is 5.56 Å². The molecule has 0 atom stereocenters. The Labute approximate surface area is 121 Å². The summed E-state index contributed by atoms with van der Waals surface area (Å²) < 4.78 is 32.6. The Bertz CT molecular complexity index is 639. The lowest BCUT2D eigenvalue weighted by Crippen LogP contribution is -2.02. The van der Waals surface area contributed by atoms with E-state index >= 15 is 0 Å². The zero-order valence-corrected chi connectivity index (χ0v) is 11.7. The van der Waals surface area contributed by atoms with E-state index in [-0.39, 0.29) is 23.5 Å². The summed E-state index contributed by atoms with van der Waals surface area (Å²) >= 11 is 3.12. The summed E-state index contributed by atoms with van der Waals surface area (Å²) in [6.07, 6.45) is 0. The van der Waals surface area contributed by atoms with Gasteiger partial charge >= 0.3 is 5.97 Å². The molecule has 0 spiro atoms. The molecule has 2 aromatic rings. The molecular weight excluding hydrogens is 334 g/mol.